The minimum absolute atomic E-state index is 0.249. The van der Waals surface area contributed by atoms with Crippen LogP contribution in [0.5, 0.6) is 0 Å². The predicted octanol–water partition coefficient (Wildman–Crippen LogP) is 2.29. The Kier molecular flexibility index (Phi) is 4.70. The van der Waals surface area contributed by atoms with Gasteiger partial charge in [0.05, 0.1) is 5.56 Å². The van der Waals surface area contributed by atoms with Crippen LogP contribution >= 0.6 is 0 Å². The monoisotopic (exact) mass is 280 g/mol. The maximum absolute atomic E-state index is 12.4. The number of aliphatic hydroxyl groups is 1. The lowest BCUT2D eigenvalue weighted by molar-refractivity contribution is 0.102. The van der Waals surface area contributed by atoms with Crippen LogP contribution in [0.25, 0.3) is 0 Å². The normalized spacial score (nSPS) is 9.67. The van der Waals surface area contributed by atoms with Gasteiger partial charge in [-0.3, -0.25) is 4.79 Å². The van der Waals surface area contributed by atoms with Gasteiger partial charge in [0.15, 0.2) is 0 Å². The predicted molar refractivity (Wildman–Crippen MR) is 82.1 cm³/mol. The van der Waals surface area contributed by atoms with Gasteiger partial charge in [0.1, 0.15) is 12.3 Å². The van der Waals surface area contributed by atoms with E-state index in [1.54, 1.807) is 18.3 Å². The highest BCUT2D eigenvalue weighted by Gasteiger charge is 2.12. The van der Waals surface area contributed by atoms with Gasteiger partial charge in [-0.25, -0.2) is 4.98 Å². The highest BCUT2D eigenvalue weighted by molar-refractivity contribution is 6.04. The van der Waals surface area contributed by atoms with Crippen molar-refractivity contribution in [2.24, 2.45) is 0 Å². The van der Waals surface area contributed by atoms with Gasteiger partial charge in [-0.2, -0.15) is 0 Å². The number of anilines is 1. The van der Waals surface area contributed by atoms with Gasteiger partial charge < -0.3 is 10.4 Å². The zero-order chi connectivity index (χ0) is 15.2. The Morgan fingerprint density at radius 3 is 2.90 bits per heavy atom. The number of carbonyl (C=O) groups is 1. The third-order valence-electron chi connectivity index (χ3n) is 2.97. The Bertz CT molecular complexity index is 727. The number of hydrogen-bond donors (Lipinski definition) is 2. The van der Waals surface area contributed by atoms with Gasteiger partial charge in [-0.05, 0) is 43.2 Å². The molecule has 0 fully saturated rings. The largest absolute Gasteiger partial charge is 0.384 e. The Labute approximate surface area is 123 Å². The summed E-state index contributed by atoms with van der Waals surface area (Å²) >= 11 is 0. The van der Waals surface area contributed by atoms with Crippen molar-refractivity contribution in [2.45, 2.75) is 13.8 Å². The number of nitrogens with one attached hydrogen (secondary N) is 1. The van der Waals surface area contributed by atoms with E-state index in [2.05, 4.69) is 22.1 Å². The number of nitrogens with zero attached hydrogens (tertiary/aromatic N) is 1. The third-order valence-corrected chi connectivity index (χ3v) is 2.97. The molecule has 0 aliphatic rings. The number of aryl methyl sites for hydroxylation is 2. The summed E-state index contributed by atoms with van der Waals surface area (Å²) in [4.78, 5) is 16.4. The molecule has 0 saturated carbocycles. The van der Waals surface area contributed by atoms with Crippen molar-refractivity contribution in [3.8, 4) is 11.8 Å². The lowest BCUT2D eigenvalue weighted by Crippen LogP contribution is -2.16. The van der Waals surface area contributed by atoms with Crippen molar-refractivity contribution in [2.75, 3.05) is 11.9 Å². The van der Waals surface area contributed by atoms with Gasteiger partial charge in [0.25, 0.3) is 5.91 Å². The van der Waals surface area contributed by atoms with Crippen molar-refractivity contribution in [3.63, 3.8) is 0 Å². The fraction of sp³-hybridized carbons (Fsp3) is 0.176. The summed E-state index contributed by atoms with van der Waals surface area (Å²) in [5, 5.41) is 11.6. The zero-order valence-electron chi connectivity index (χ0n) is 12.0. The molecule has 1 amide bonds. The Morgan fingerprint density at radius 2 is 2.14 bits per heavy atom. The van der Waals surface area contributed by atoms with Crippen LogP contribution in [0.15, 0.2) is 36.5 Å². The Hall–Kier alpha value is -2.64. The average molecular weight is 280 g/mol. The standard InChI is InChI=1S/C17H16N2O2/c1-12-7-8-13(2)15(11-12)19-17(21)16-14(6-4-10-20)5-3-9-18-16/h3,5,7-9,11,20H,10H2,1-2H3,(H,19,21). The van der Waals surface area contributed by atoms with Crippen LogP contribution < -0.4 is 5.32 Å². The van der Waals surface area contributed by atoms with Crippen molar-refractivity contribution >= 4 is 11.6 Å². The SMILES string of the molecule is Cc1ccc(C)c(NC(=O)c2ncccc2C#CCO)c1. The molecule has 0 aliphatic heterocycles. The minimum Gasteiger partial charge on any atom is -0.384 e. The van der Waals surface area contributed by atoms with Crippen LogP contribution in [0.4, 0.5) is 5.69 Å². The molecule has 106 valence electrons. The molecule has 2 rings (SSSR count). The molecule has 0 atom stereocenters. The minimum atomic E-state index is -0.313. The lowest BCUT2D eigenvalue weighted by Gasteiger charge is -2.09. The molecule has 1 aromatic heterocycles. The summed E-state index contributed by atoms with van der Waals surface area (Å²) in [6, 6.07) is 9.26. The van der Waals surface area contributed by atoms with E-state index in [0.717, 1.165) is 16.8 Å². The van der Waals surface area contributed by atoms with E-state index in [4.69, 9.17) is 5.11 Å². The third kappa shape index (κ3) is 3.68. The molecule has 0 aliphatic carbocycles. The number of benzene rings is 1. The number of carbonyl (C=O) groups excluding carboxylic acids is 1. The second kappa shape index (κ2) is 6.69. The van der Waals surface area contributed by atoms with E-state index in [1.807, 2.05) is 32.0 Å². The van der Waals surface area contributed by atoms with E-state index >= 15 is 0 Å². The molecule has 0 radical (unpaired) electrons. The quantitative estimate of drug-likeness (QED) is 0.830. The average Bonchev–Trinajstić information content (AvgIpc) is 2.49. The molecule has 1 heterocycles. The topological polar surface area (TPSA) is 62.2 Å². The summed E-state index contributed by atoms with van der Waals surface area (Å²) in [6.07, 6.45) is 1.54. The van der Waals surface area contributed by atoms with E-state index in [9.17, 15) is 4.79 Å². The van der Waals surface area contributed by atoms with Gasteiger partial charge in [-0.15, -0.1) is 0 Å². The van der Waals surface area contributed by atoms with Crippen LogP contribution in [0.2, 0.25) is 0 Å². The van der Waals surface area contributed by atoms with Gasteiger partial charge in [0.2, 0.25) is 0 Å². The molecule has 4 heteroatoms. The van der Waals surface area contributed by atoms with Crippen LogP contribution in [-0.2, 0) is 0 Å². The van der Waals surface area contributed by atoms with Crippen molar-refractivity contribution in [1.82, 2.24) is 4.98 Å². The highest BCUT2D eigenvalue weighted by atomic mass is 16.2. The van der Waals surface area contributed by atoms with Gasteiger partial charge >= 0.3 is 0 Å². The van der Waals surface area contributed by atoms with E-state index < -0.39 is 0 Å². The van der Waals surface area contributed by atoms with Crippen molar-refractivity contribution in [3.05, 3.63) is 58.9 Å². The number of rotatable bonds is 2. The van der Waals surface area contributed by atoms with Crippen LogP contribution in [-0.4, -0.2) is 22.6 Å². The van der Waals surface area contributed by atoms with E-state index in [0.29, 0.717) is 5.56 Å². The molecule has 4 nitrogen and oxygen atoms in total. The van der Waals surface area contributed by atoms with E-state index in [-0.39, 0.29) is 18.2 Å². The molecule has 0 unspecified atom stereocenters. The molecule has 1 aromatic carbocycles. The molecule has 21 heavy (non-hydrogen) atoms. The van der Waals surface area contributed by atoms with Gasteiger partial charge in [0, 0.05) is 11.9 Å². The maximum atomic E-state index is 12.4. The smallest absolute Gasteiger partial charge is 0.275 e. The van der Waals surface area contributed by atoms with Crippen LogP contribution in [0, 0.1) is 25.7 Å². The van der Waals surface area contributed by atoms with Crippen LogP contribution in [0.1, 0.15) is 27.2 Å². The highest BCUT2D eigenvalue weighted by Crippen LogP contribution is 2.17. The van der Waals surface area contributed by atoms with Crippen molar-refractivity contribution in [1.29, 1.82) is 0 Å². The molecule has 2 aromatic rings. The fourth-order valence-electron chi connectivity index (χ4n) is 1.87. The molecule has 2 N–H and O–H groups in total. The summed E-state index contributed by atoms with van der Waals surface area (Å²) < 4.78 is 0. The summed E-state index contributed by atoms with van der Waals surface area (Å²) in [5.41, 5.74) is 3.55. The summed E-state index contributed by atoms with van der Waals surface area (Å²) in [5.74, 6) is 4.95. The summed E-state index contributed by atoms with van der Waals surface area (Å²) in [7, 11) is 0. The first-order valence-corrected chi connectivity index (χ1v) is 6.55. The molecule has 0 bridgehead atoms. The van der Waals surface area contributed by atoms with Crippen LogP contribution in [0.3, 0.4) is 0 Å². The summed E-state index contributed by atoms with van der Waals surface area (Å²) in [6.45, 7) is 3.64. The molecule has 0 saturated heterocycles. The second-order valence-electron chi connectivity index (χ2n) is 4.63. The van der Waals surface area contributed by atoms with Gasteiger partial charge in [-0.1, -0.05) is 24.0 Å². The number of hydrogen-bond acceptors (Lipinski definition) is 3. The molecule has 0 spiro atoms. The zero-order valence-corrected chi connectivity index (χ0v) is 12.0. The fourth-order valence-corrected chi connectivity index (χ4v) is 1.87. The van der Waals surface area contributed by atoms with Crippen molar-refractivity contribution < 1.29 is 9.90 Å². The maximum Gasteiger partial charge on any atom is 0.275 e. The first-order valence-electron chi connectivity index (χ1n) is 6.55. The Balaban J connectivity index is 2.31. The second-order valence-corrected chi connectivity index (χ2v) is 4.63. The number of amides is 1. The first kappa shape index (κ1) is 14.8. The molecular weight excluding hydrogens is 264 g/mol. The molecular formula is C17H16N2O2. The lowest BCUT2D eigenvalue weighted by atomic mass is 10.1. The van der Waals surface area contributed by atoms with E-state index in [1.165, 1.54) is 0 Å². The number of aromatic nitrogens is 1. The first-order chi connectivity index (χ1) is 10.1. The number of aliphatic hydroxyl groups excluding tert-OH is 1. The Morgan fingerprint density at radius 1 is 1.33 bits per heavy atom. The number of pyridine rings is 1.